The highest BCUT2D eigenvalue weighted by Crippen LogP contribution is 2.26. The van der Waals surface area contributed by atoms with Crippen molar-refractivity contribution in [1.29, 1.82) is 0 Å². The van der Waals surface area contributed by atoms with Crippen LogP contribution in [-0.4, -0.2) is 42.8 Å². The number of hydrogen-bond donors (Lipinski definition) is 2. The number of carbonyl (C=O) groups excluding carboxylic acids is 3. The summed E-state index contributed by atoms with van der Waals surface area (Å²) in [5.41, 5.74) is 6.23. The molecule has 2 rings (SSSR count). The minimum absolute atomic E-state index is 0.174. The van der Waals surface area contributed by atoms with Crippen molar-refractivity contribution in [3.05, 3.63) is 23.8 Å². The molecule has 0 aromatic heterocycles. The molecule has 0 bridgehead atoms. The highest BCUT2D eigenvalue weighted by atomic mass is 16.5. The summed E-state index contributed by atoms with van der Waals surface area (Å²) < 4.78 is 5.24. The summed E-state index contributed by atoms with van der Waals surface area (Å²) >= 11 is 0. The Labute approximate surface area is 134 Å². The second kappa shape index (κ2) is 7.13. The molecule has 7 heteroatoms. The smallest absolute Gasteiger partial charge is 0.257 e. The van der Waals surface area contributed by atoms with Crippen LogP contribution in [0.1, 0.15) is 30.1 Å². The molecule has 0 atom stereocenters. The van der Waals surface area contributed by atoms with E-state index in [9.17, 15) is 14.4 Å². The molecule has 3 N–H and O–H groups in total. The zero-order valence-electron chi connectivity index (χ0n) is 13.3. The fourth-order valence-corrected chi connectivity index (χ4v) is 2.69. The van der Waals surface area contributed by atoms with Crippen LogP contribution in [0.4, 0.5) is 5.69 Å². The van der Waals surface area contributed by atoms with Crippen molar-refractivity contribution in [3.63, 3.8) is 0 Å². The SMILES string of the molecule is COc1ccc(NC(C)=O)cc1C(=O)N1CCC(C(N)=O)CC1. The van der Waals surface area contributed by atoms with Crippen molar-refractivity contribution in [1.82, 2.24) is 4.90 Å². The Morgan fingerprint density at radius 3 is 2.43 bits per heavy atom. The van der Waals surface area contributed by atoms with Crippen molar-refractivity contribution < 1.29 is 19.1 Å². The van der Waals surface area contributed by atoms with Crippen molar-refractivity contribution >= 4 is 23.4 Å². The number of nitrogens with one attached hydrogen (secondary N) is 1. The van der Waals surface area contributed by atoms with Gasteiger partial charge in [0.1, 0.15) is 5.75 Å². The first-order chi connectivity index (χ1) is 10.9. The van der Waals surface area contributed by atoms with Crippen LogP contribution in [0.2, 0.25) is 0 Å². The third-order valence-corrected chi connectivity index (χ3v) is 3.93. The molecule has 0 aliphatic carbocycles. The number of nitrogens with zero attached hydrogens (tertiary/aromatic N) is 1. The number of piperidine rings is 1. The average molecular weight is 319 g/mol. The fraction of sp³-hybridized carbons (Fsp3) is 0.438. The first-order valence-electron chi connectivity index (χ1n) is 7.46. The van der Waals surface area contributed by atoms with E-state index in [1.807, 2.05) is 0 Å². The molecule has 0 unspecified atom stereocenters. The molecule has 3 amide bonds. The number of ether oxygens (including phenoxy) is 1. The predicted molar refractivity (Wildman–Crippen MR) is 85.1 cm³/mol. The number of carbonyl (C=O) groups is 3. The van der Waals surface area contributed by atoms with Gasteiger partial charge in [-0.25, -0.2) is 0 Å². The number of amides is 3. The molecule has 124 valence electrons. The van der Waals surface area contributed by atoms with Gasteiger partial charge in [-0.05, 0) is 31.0 Å². The van der Waals surface area contributed by atoms with E-state index in [4.69, 9.17) is 10.5 Å². The summed E-state index contributed by atoms with van der Waals surface area (Å²) in [5.74, 6) is -0.442. The monoisotopic (exact) mass is 319 g/mol. The van der Waals surface area contributed by atoms with Crippen LogP contribution in [-0.2, 0) is 9.59 Å². The molecule has 1 aromatic rings. The first kappa shape index (κ1) is 16.8. The maximum atomic E-state index is 12.7. The molecular weight excluding hydrogens is 298 g/mol. The molecule has 0 spiro atoms. The van der Waals surface area contributed by atoms with Crippen LogP contribution < -0.4 is 15.8 Å². The van der Waals surface area contributed by atoms with Gasteiger partial charge in [-0.1, -0.05) is 0 Å². The largest absolute Gasteiger partial charge is 0.496 e. The summed E-state index contributed by atoms with van der Waals surface area (Å²) in [7, 11) is 1.49. The third-order valence-electron chi connectivity index (χ3n) is 3.93. The van der Waals surface area contributed by atoms with E-state index in [2.05, 4.69) is 5.32 Å². The van der Waals surface area contributed by atoms with Gasteiger partial charge in [-0.3, -0.25) is 14.4 Å². The molecule has 1 heterocycles. The second-order valence-electron chi connectivity index (χ2n) is 5.57. The van der Waals surface area contributed by atoms with Crippen molar-refractivity contribution in [3.8, 4) is 5.75 Å². The Morgan fingerprint density at radius 1 is 1.26 bits per heavy atom. The van der Waals surface area contributed by atoms with Gasteiger partial charge in [0, 0.05) is 31.6 Å². The molecule has 0 radical (unpaired) electrons. The topological polar surface area (TPSA) is 102 Å². The van der Waals surface area contributed by atoms with Gasteiger partial charge in [-0.2, -0.15) is 0 Å². The Bertz CT molecular complexity index is 622. The minimum Gasteiger partial charge on any atom is -0.496 e. The lowest BCUT2D eigenvalue weighted by Gasteiger charge is -2.31. The maximum absolute atomic E-state index is 12.7. The number of benzene rings is 1. The number of nitrogens with two attached hydrogens (primary N) is 1. The number of primary amides is 1. The summed E-state index contributed by atoms with van der Waals surface area (Å²) in [6, 6.07) is 4.92. The van der Waals surface area contributed by atoms with Crippen molar-refractivity contribution in [2.75, 3.05) is 25.5 Å². The lowest BCUT2D eigenvalue weighted by molar-refractivity contribution is -0.123. The van der Waals surface area contributed by atoms with Gasteiger partial charge in [0.05, 0.1) is 12.7 Å². The number of rotatable bonds is 4. The summed E-state index contributed by atoms with van der Waals surface area (Å²) in [6.45, 7) is 2.35. The van der Waals surface area contributed by atoms with Crippen LogP contribution in [0, 0.1) is 5.92 Å². The third kappa shape index (κ3) is 4.00. The van der Waals surface area contributed by atoms with Gasteiger partial charge in [-0.15, -0.1) is 0 Å². The number of anilines is 1. The molecule has 23 heavy (non-hydrogen) atoms. The average Bonchev–Trinajstić information content (AvgIpc) is 2.53. The van der Waals surface area contributed by atoms with Gasteiger partial charge < -0.3 is 20.7 Å². The van der Waals surface area contributed by atoms with E-state index in [1.165, 1.54) is 14.0 Å². The number of hydrogen-bond acceptors (Lipinski definition) is 4. The van der Waals surface area contributed by atoms with Crippen LogP contribution in [0.3, 0.4) is 0 Å². The molecule has 1 fully saturated rings. The fourth-order valence-electron chi connectivity index (χ4n) is 2.69. The van der Waals surface area contributed by atoms with E-state index in [0.717, 1.165) is 0 Å². The quantitative estimate of drug-likeness (QED) is 0.864. The highest BCUT2D eigenvalue weighted by molar-refractivity contribution is 5.99. The Kier molecular flexibility index (Phi) is 5.20. The molecule has 7 nitrogen and oxygen atoms in total. The summed E-state index contributed by atoms with van der Waals surface area (Å²) in [6.07, 6.45) is 1.13. The molecule has 1 aliphatic rings. The maximum Gasteiger partial charge on any atom is 0.257 e. The van der Waals surface area contributed by atoms with Crippen LogP contribution >= 0.6 is 0 Å². The van der Waals surface area contributed by atoms with Crippen LogP contribution in [0.15, 0.2) is 18.2 Å². The standard InChI is InChI=1S/C16H21N3O4/c1-10(20)18-12-3-4-14(23-2)13(9-12)16(22)19-7-5-11(6-8-19)15(17)21/h3-4,9,11H,5-8H2,1-2H3,(H2,17,21)(H,18,20). The highest BCUT2D eigenvalue weighted by Gasteiger charge is 2.28. The summed E-state index contributed by atoms with van der Waals surface area (Å²) in [4.78, 5) is 36.8. The molecule has 1 saturated heterocycles. The molecule has 1 aliphatic heterocycles. The van der Waals surface area contributed by atoms with Crippen LogP contribution in [0.5, 0.6) is 5.75 Å². The van der Waals surface area contributed by atoms with E-state index in [0.29, 0.717) is 42.9 Å². The lowest BCUT2D eigenvalue weighted by atomic mass is 9.95. The molecule has 0 saturated carbocycles. The van der Waals surface area contributed by atoms with Crippen molar-refractivity contribution in [2.24, 2.45) is 11.7 Å². The number of methoxy groups -OCH3 is 1. The second-order valence-corrected chi connectivity index (χ2v) is 5.57. The van der Waals surface area contributed by atoms with E-state index >= 15 is 0 Å². The summed E-state index contributed by atoms with van der Waals surface area (Å²) in [5, 5.41) is 2.65. The predicted octanol–water partition coefficient (Wildman–Crippen LogP) is 0.991. The minimum atomic E-state index is -0.317. The first-order valence-corrected chi connectivity index (χ1v) is 7.46. The zero-order valence-corrected chi connectivity index (χ0v) is 13.3. The van der Waals surface area contributed by atoms with Crippen LogP contribution in [0.25, 0.3) is 0 Å². The van der Waals surface area contributed by atoms with E-state index in [-0.39, 0.29) is 23.6 Å². The Balaban J connectivity index is 2.17. The van der Waals surface area contributed by atoms with Gasteiger partial charge in [0.15, 0.2) is 0 Å². The van der Waals surface area contributed by atoms with Crippen molar-refractivity contribution in [2.45, 2.75) is 19.8 Å². The van der Waals surface area contributed by atoms with Gasteiger partial charge >= 0.3 is 0 Å². The molecular formula is C16H21N3O4. The normalized spacial score (nSPS) is 15.1. The Hall–Kier alpha value is -2.57. The lowest BCUT2D eigenvalue weighted by Crippen LogP contribution is -2.41. The van der Waals surface area contributed by atoms with E-state index < -0.39 is 0 Å². The Morgan fingerprint density at radius 2 is 1.91 bits per heavy atom. The zero-order chi connectivity index (χ0) is 17.0. The van der Waals surface area contributed by atoms with E-state index in [1.54, 1.807) is 23.1 Å². The molecule has 1 aromatic carbocycles. The number of likely N-dealkylation sites (tertiary alicyclic amines) is 1. The van der Waals surface area contributed by atoms with Gasteiger partial charge in [0.25, 0.3) is 5.91 Å². The van der Waals surface area contributed by atoms with Gasteiger partial charge in [0.2, 0.25) is 11.8 Å².